The van der Waals surface area contributed by atoms with E-state index in [9.17, 15) is 0 Å². The Bertz CT molecular complexity index is 276. The summed E-state index contributed by atoms with van der Waals surface area (Å²) in [4.78, 5) is 0. The average Bonchev–Trinajstić information content (AvgIpc) is 2.18. The molecule has 0 saturated heterocycles. The van der Waals surface area contributed by atoms with Gasteiger partial charge in [0.05, 0.1) is 12.3 Å². The van der Waals surface area contributed by atoms with E-state index in [2.05, 4.69) is 44.0 Å². The average molecular weight is 207 g/mol. The van der Waals surface area contributed by atoms with Crippen LogP contribution in [0.1, 0.15) is 20.3 Å². The minimum Gasteiger partial charge on any atom is -0.512 e. The lowest BCUT2D eigenvalue weighted by molar-refractivity contribution is 0.394. The Labute approximate surface area is 92.4 Å². The van der Waals surface area contributed by atoms with Gasteiger partial charge >= 0.3 is 0 Å². The zero-order valence-electron chi connectivity index (χ0n) is 9.66. The van der Waals surface area contributed by atoms with Crippen molar-refractivity contribution in [3.8, 4) is 0 Å². The highest BCUT2D eigenvalue weighted by molar-refractivity contribution is 5.25. The first-order valence-electron chi connectivity index (χ1n) is 5.54. The highest BCUT2D eigenvalue weighted by atomic mass is 16.3. The molecule has 0 amide bonds. The molecule has 0 aromatic heterocycles. The van der Waals surface area contributed by atoms with Crippen molar-refractivity contribution in [1.82, 2.24) is 5.32 Å². The molecule has 0 aromatic rings. The molecule has 1 unspecified atom stereocenters. The molecule has 1 atom stereocenters. The molecule has 0 aromatic carbocycles. The Hall–Kier alpha value is -1.02. The Morgan fingerprint density at radius 3 is 2.87 bits per heavy atom. The van der Waals surface area contributed by atoms with Crippen molar-refractivity contribution in [3.05, 3.63) is 36.1 Å². The molecule has 0 saturated carbocycles. The lowest BCUT2D eigenvalue weighted by Crippen LogP contribution is -2.20. The highest BCUT2D eigenvalue weighted by Crippen LogP contribution is 2.22. The molecule has 2 heteroatoms. The van der Waals surface area contributed by atoms with Gasteiger partial charge in [0.2, 0.25) is 0 Å². The van der Waals surface area contributed by atoms with Crippen LogP contribution >= 0.6 is 0 Å². The van der Waals surface area contributed by atoms with Crippen LogP contribution in [0.25, 0.3) is 0 Å². The molecule has 0 spiro atoms. The van der Waals surface area contributed by atoms with E-state index in [1.165, 1.54) is 5.57 Å². The quantitative estimate of drug-likeness (QED) is 0.679. The maximum absolute atomic E-state index is 8.90. The van der Waals surface area contributed by atoms with Crippen LogP contribution in [0, 0.1) is 11.8 Å². The highest BCUT2D eigenvalue weighted by Gasteiger charge is 2.11. The van der Waals surface area contributed by atoms with Gasteiger partial charge in [-0.1, -0.05) is 38.7 Å². The van der Waals surface area contributed by atoms with Gasteiger partial charge in [-0.3, -0.25) is 0 Å². The van der Waals surface area contributed by atoms with E-state index in [-0.39, 0.29) is 5.76 Å². The van der Waals surface area contributed by atoms with Crippen molar-refractivity contribution in [2.45, 2.75) is 20.3 Å². The molecule has 15 heavy (non-hydrogen) atoms. The second kappa shape index (κ2) is 5.76. The minimum atomic E-state index is 0.190. The molecule has 0 radical (unpaired) electrons. The first kappa shape index (κ1) is 12.1. The first-order chi connectivity index (χ1) is 7.09. The van der Waals surface area contributed by atoms with Crippen molar-refractivity contribution in [1.29, 1.82) is 0 Å². The standard InChI is InChI=1S/C13H21NO/c1-10(2)13-6-4-12(5-7-13)9-14-8-11(3)15/h4-6,10,13-15H,3,7-9H2,1-2H3. The van der Waals surface area contributed by atoms with Gasteiger partial charge in [0.1, 0.15) is 0 Å². The summed E-state index contributed by atoms with van der Waals surface area (Å²) in [5.74, 6) is 1.58. The van der Waals surface area contributed by atoms with E-state index in [1.54, 1.807) is 0 Å². The maximum Gasteiger partial charge on any atom is 0.0989 e. The fourth-order valence-electron chi connectivity index (χ4n) is 1.66. The van der Waals surface area contributed by atoms with Gasteiger partial charge in [0.15, 0.2) is 0 Å². The van der Waals surface area contributed by atoms with Crippen LogP contribution in [0.2, 0.25) is 0 Å². The third-order valence-corrected chi connectivity index (χ3v) is 2.72. The summed E-state index contributed by atoms with van der Waals surface area (Å²) in [7, 11) is 0. The van der Waals surface area contributed by atoms with Crippen LogP contribution in [-0.2, 0) is 0 Å². The predicted octanol–water partition coefficient (Wildman–Crippen LogP) is 2.81. The van der Waals surface area contributed by atoms with E-state index in [0.717, 1.165) is 13.0 Å². The number of aliphatic hydroxyl groups excluding tert-OH is 1. The van der Waals surface area contributed by atoms with Gasteiger partial charge < -0.3 is 10.4 Å². The van der Waals surface area contributed by atoms with Crippen molar-refractivity contribution in [2.75, 3.05) is 13.1 Å². The van der Waals surface area contributed by atoms with Crippen LogP contribution in [0.3, 0.4) is 0 Å². The molecule has 0 fully saturated rings. The number of allylic oxidation sites excluding steroid dienone is 2. The van der Waals surface area contributed by atoms with Crippen molar-refractivity contribution >= 4 is 0 Å². The zero-order valence-corrected chi connectivity index (χ0v) is 9.66. The van der Waals surface area contributed by atoms with E-state index >= 15 is 0 Å². The fourth-order valence-corrected chi connectivity index (χ4v) is 1.66. The zero-order chi connectivity index (χ0) is 11.3. The third kappa shape index (κ3) is 4.34. The van der Waals surface area contributed by atoms with Gasteiger partial charge in [0.25, 0.3) is 0 Å². The molecule has 84 valence electrons. The Morgan fingerprint density at radius 2 is 2.40 bits per heavy atom. The maximum atomic E-state index is 8.90. The van der Waals surface area contributed by atoms with Gasteiger partial charge in [-0.05, 0) is 23.8 Å². The summed E-state index contributed by atoms with van der Waals surface area (Å²) in [6.45, 7) is 9.21. The van der Waals surface area contributed by atoms with Crippen LogP contribution in [0.4, 0.5) is 0 Å². The Kier molecular flexibility index (Phi) is 4.63. The van der Waals surface area contributed by atoms with Crippen molar-refractivity contribution < 1.29 is 5.11 Å². The smallest absolute Gasteiger partial charge is 0.0989 e. The molecule has 1 aliphatic rings. The predicted molar refractivity (Wildman–Crippen MR) is 64.8 cm³/mol. The second-order valence-corrected chi connectivity index (χ2v) is 4.45. The lowest BCUT2D eigenvalue weighted by Gasteiger charge is -2.19. The van der Waals surface area contributed by atoms with Crippen LogP contribution in [-0.4, -0.2) is 18.2 Å². The lowest BCUT2D eigenvalue weighted by atomic mass is 9.88. The topological polar surface area (TPSA) is 32.3 Å². The van der Waals surface area contributed by atoms with Gasteiger partial charge in [0, 0.05) is 6.54 Å². The van der Waals surface area contributed by atoms with E-state index in [4.69, 9.17) is 5.11 Å². The van der Waals surface area contributed by atoms with Gasteiger partial charge in [-0.25, -0.2) is 0 Å². The molecular weight excluding hydrogens is 186 g/mol. The Morgan fingerprint density at radius 1 is 1.67 bits per heavy atom. The second-order valence-electron chi connectivity index (χ2n) is 4.45. The molecule has 2 nitrogen and oxygen atoms in total. The number of hydrogen-bond donors (Lipinski definition) is 2. The number of hydrogen-bond acceptors (Lipinski definition) is 2. The number of rotatable bonds is 5. The summed E-state index contributed by atoms with van der Waals surface area (Å²) in [6, 6.07) is 0. The molecule has 2 N–H and O–H groups in total. The van der Waals surface area contributed by atoms with Crippen LogP contribution in [0.5, 0.6) is 0 Å². The Balaban J connectivity index is 2.29. The monoisotopic (exact) mass is 207 g/mol. The van der Waals surface area contributed by atoms with Crippen LogP contribution < -0.4 is 5.32 Å². The first-order valence-corrected chi connectivity index (χ1v) is 5.54. The van der Waals surface area contributed by atoms with E-state index in [0.29, 0.717) is 18.4 Å². The summed E-state index contributed by atoms with van der Waals surface area (Å²) in [6.07, 6.45) is 7.87. The van der Waals surface area contributed by atoms with E-state index in [1.807, 2.05) is 0 Å². The third-order valence-electron chi connectivity index (χ3n) is 2.72. The molecule has 0 heterocycles. The molecular formula is C13H21NO. The number of nitrogens with one attached hydrogen (secondary N) is 1. The molecule has 1 rings (SSSR count). The van der Waals surface area contributed by atoms with Gasteiger partial charge in [-0.15, -0.1) is 0 Å². The fraction of sp³-hybridized carbons (Fsp3) is 0.538. The van der Waals surface area contributed by atoms with E-state index < -0.39 is 0 Å². The molecule has 0 aliphatic heterocycles. The summed E-state index contributed by atoms with van der Waals surface area (Å²) in [5.41, 5.74) is 1.30. The minimum absolute atomic E-state index is 0.190. The van der Waals surface area contributed by atoms with Crippen molar-refractivity contribution in [2.24, 2.45) is 11.8 Å². The molecule has 1 aliphatic carbocycles. The number of aliphatic hydroxyl groups is 1. The molecule has 0 bridgehead atoms. The summed E-state index contributed by atoms with van der Waals surface area (Å²) >= 11 is 0. The largest absolute Gasteiger partial charge is 0.512 e. The summed E-state index contributed by atoms with van der Waals surface area (Å²) < 4.78 is 0. The normalized spacial score (nSPS) is 20.5. The SMILES string of the molecule is C=C(O)CNCC1=CCC(C(C)C)C=C1. The van der Waals surface area contributed by atoms with Crippen LogP contribution in [0.15, 0.2) is 36.1 Å². The van der Waals surface area contributed by atoms with Crippen molar-refractivity contribution in [3.63, 3.8) is 0 Å². The summed E-state index contributed by atoms with van der Waals surface area (Å²) in [5, 5.41) is 12.0. The van der Waals surface area contributed by atoms with Gasteiger partial charge in [-0.2, -0.15) is 0 Å².